The summed E-state index contributed by atoms with van der Waals surface area (Å²) in [5.41, 5.74) is 2.52. The van der Waals surface area contributed by atoms with Crippen molar-refractivity contribution in [2.75, 3.05) is 13.6 Å². The normalized spacial score (nSPS) is 10.2. The number of amides is 1. The first-order valence-electron chi connectivity index (χ1n) is 6.28. The number of hydrogen-bond acceptors (Lipinski definition) is 2. The summed E-state index contributed by atoms with van der Waals surface area (Å²) in [4.78, 5) is 24.3. The van der Waals surface area contributed by atoms with E-state index in [1.165, 1.54) is 18.1 Å². The van der Waals surface area contributed by atoms with Crippen LogP contribution in [0.15, 0.2) is 24.3 Å². The van der Waals surface area contributed by atoms with Crippen LogP contribution in [-0.4, -0.2) is 30.2 Å². The maximum Gasteiger partial charge on any atom is 0.222 e. The van der Waals surface area contributed by atoms with E-state index in [-0.39, 0.29) is 11.7 Å². The average Bonchev–Trinajstić information content (AvgIpc) is 2.34. The summed E-state index contributed by atoms with van der Waals surface area (Å²) in [6.07, 6.45) is 1.52. The molecule has 0 heterocycles. The Morgan fingerprint density at radius 1 is 1.17 bits per heavy atom. The van der Waals surface area contributed by atoms with Crippen LogP contribution in [0.25, 0.3) is 0 Å². The highest BCUT2D eigenvalue weighted by atomic mass is 16.2. The summed E-state index contributed by atoms with van der Waals surface area (Å²) in [5, 5.41) is 0. The predicted octanol–water partition coefficient (Wildman–Crippen LogP) is 2.37. The van der Waals surface area contributed by atoms with Crippen LogP contribution in [0.5, 0.6) is 0 Å². The van der Waals surface area contributed by atoms with E-state index in [1.54, 1.807) is 11.9 Å². The van der Waals surface area contributed by atoms with Gasteiger partial charge in [0.05, 0.1) is 0 Å². The van der Waals surface area contributed by atoms with Crippen LogP contribution in [-0.2, 0) is 16.0 Å². The molecule has 0 saturated carbocycles. The van der Waals surface area contributed by atoms with Crippen molar-refractivity contribution in [3.8, 4) is 0 Å². The third-order valence-electron chi connectivity index (χ3n) is 3.09. The minimum atomic E-state index is 0.0405. The molecule has 0 aliphatic heterocycles. The number of rotatable bonds is 6. The van der Waals surface area contributed by atoms with Gasteiger partial charge in [-0.3, -0.25) is 4.79 Å². The molecule has 18 heavy (non-hydrogen) atoms. The van der Waals surface area contributed by atoms with Crippen LogP contribution in [0.1, 0.15) is 30.9 Å². The van der Waals surface area contributed by atoms with Gasteiger partial charge in [-0.25, -0.2) is 0 Å². The summed E-state index contributed by atoms with van der Waals surface area (Å²) in [5.74, 6) is 0.106. The maximum atomic E-state index is 11.7. The first kappa shape index (κ1) is 14.4. The summed E-state index contributed by atoms with van der Waals surface area (Å²) < 4.78 is 0. The Hall–Kier alpha value is -1.64. The number of ketones is 1. The molecule has 0 bridgehead atoms. The molecular formula is C15H21NO2. The van der Waals surface area contributed by atoms with Crippen molar-refractivity contribution < 1.29 is 9.59 Å². The smallest absolute Gasteiger partial charge is 0.222 e. The van der Waals surface area contributed by atoms with Crippen LogP contribution in [0.4, 0.5) is 0 Å². The second-order valence-electron chi connectivity index (χ2n) is 4.69. The molecule has 3 heteroatoms. The van der Waals surface area contributed by atoms with Gasteiger partial charge >= 0.3 is 0 Å². The Labute approximate surface area is 109 Å². The minimum absolute atomic E-state index is 0.0405. The van der Waals surface area contributed by atoms with E-state index < -0.39 is 0 Å². The van der Waals surface area contributed by atoms with Crippen molar-refractivity contribution in [1.82, 2.24) is 4.90 Å². The van der Waals surface area contributed by atoms with Gasteiger partial charge < -0.3 is 9.69 Å². The van der Waals surface area contributed by atoms with Crippen LogP contribution >= 0.6 is 0 Å². The van der Waals surface area contributed by atoms with Crippen LogP contribution in [0.2, 0.25) is 0 Å². The predicted molar refractivity (Wildman–Crippen MR) is 72.4 cm³/mol. The van der Waals surface area contributed by atoms with E-state index >= 15 is 0 Å². The number of aryl methyl sites for hydroxylation is 1. The number of carbonyl (C=O) groups excluding carboxylic acids is 2. The number of hydrogen-bond donors (Lipinski definition) is 0. The molecule has 0 aliphatic carbocycles. The van der Waals surface area contributed by atoms with Gasteiger partial charge in [-0.15, -0.1) is 0 Å². The quantitative estimate of drug-likeness (QED) is 0.774. The van der Waals surface area contributed by atoms with E-state index in [1.807, 2.05) is 12.1 Å². The zero-order chi connectivity index (χ0) is 13.5. The molecule has 1 aromatic carbocycles. The van der Waals surface area contributed by atoms with Gasteiger partial charge in [0.1, 0.15) is 5.78 Å². The zero-order valence-corrected chi connectivity index (χ0v) is 11.4. The van der Waals surface area contributed by atoms with Gasteiger partial charge in [0.25, 0.3) is 0 Å². The highest BCUT2D eigenvalue weighted by molar-refractivity contribution is 5.83. The first-order chi connectivity index (χ1) is 8.50. The third kappa shape index (κ3) is 4.70. The minimum Gasteiger partial charge on any atom is -0.345 e. The standard InChI is InChI=1S/C15H21NO2/c1-12-6-4-5-7-14(12)10-11-16(3)15(18)9-8-13(2)17/h4-7H,8-11H2,1-3H3. The zero-order valence-electron chi connectivity index (χ0n) is 11.4. The molecule has 0 atom stereocenters. The molecule has 0 unspecified atom stereocenters. The molecular weight excluding hydrogens is 226 g/mol. The van der Waals surface area contributed by atoms with Gasteiger partial charge in [0, 0.05) is 26.4 Å². The fraction of sp³-hybridized carbons (Fsp3) is 0.467. The van der Waals surface area contributed by atoms with Gasteiger partial charge in [-0.2, -0.15) is 0 Å². The molecule has 1 rings (SSSR count). The van der Waals surface area contributed by atoms with Crippen LogP contribution in [0.3, 0.4) is 0 Å². The molecule has 0 fully saturated rings. The lowest BCUT2D eigenvalue weighted by Gasteiger charge is -2.17. The highest BCUT2D eigenvalue weighted by Gasteiger charge is 2.09. The van der Waals surface area contributed by atoms with E-state index in [0.717, 1.165) is 6.42 Å². The Kier molecular flexibility index (Phi) is 5.56. The Morgan fingerprint density at radius 3 is 2.44 bits per heavy atom. The third-order valence-corrected chi connectivity index (χ3v) is 3.09. The highest BCUT2D eigenvalue weighted by Crippen LogP contribution is 2.08. The van der Waals surface area contributed by atoms with Crippen molar-refractivity contribution in [2.24, 2.45) is 0 Å². The Morgan fingerprint density at radius 2 is 1.83 bits per heavy atom. The molecule has 98 valence electrons. The SMILES string of the molecule is CC(=O)CCC(=O)N(C)CCc1ccccc1C. The largest absolute Gasteiger partial charge is 0.345 e. The molecule has 1 amide bonds. The van der Waals surface area contributed by atoms with Crippen LogP contribution < -0.4 is 0 Å². The second-order valence-corrected chi connectivity index (χ2v) is 4.69. The molecule has 0 aliphatic rings. The average molecular weight is 247 g/mol. The summed E-state index contributed by atoms with van der Waals surface area (Å²) in [6.45, 7) is 4.29. The first-order valence-corrected chi connectivity index (χ1v) is 6.28. The topological polar surface area (TPSA) is 37.4 Å². The van der Waals surface area contributed by atoms with E-state index in [0.29, 0.717) is 19.4 Å². The number of nitrogens with zero attached hydrogens (tertiary/aromatic N) is 1. The molecule has 3 nitrogen and oxygen atoms in total. The summed E-state index contributed by atoms with van der Waals surface area (Å²) in [6, 6.07) is 8.19. The van der Waals surface area contributed by atoms with Crippen molar-refractivity contribution in [1.29, 1.82) is 0 Å². The monoisotopic (exact) mass is 247 g/mol. The molecule has 0 radical (unpaired) electrons. The van der Waals surface area contributed by atoms with E-state index in [4.69, 9.17) is 0 Å². The maximum absolute atomic E-state index is 11.7. The van der Waals surface area contributed by atoms with Crippen molar-refractivity contribution in [3.63, 3.8) is 0 Å². The number of likely N-dealkylation sites (N-methyl/N-ethyl adjacent to an activating group) is 1. The fourth-order valence-corrected chi connectivity index (χ4v) is 1.78. The fourth-order valence-electron chi connectivity index (χ4n) is 1.78. The van der Waals surface area contributed by atoms with E-state index in [9.17, 15) is 9.59 Å². The van der Waals surface area contributed by atoms with Crippen molar-refractivity contribution >= 4 is 11.7 Å². The van der Waals surface area contributed by atoms with Gasteiger partial charge in [-0.1, -0.05) is 24.3 Å². The van der Waals surface area contributed by atoms with E-state index in [2.05, 4.69) is 19.1 Å². The van der Waals surface area contributed by atoms with Crippen molar-refractivity contribution in [2.45, 2.75) is 33.1 Å². The molecule has 0 aromatic heterocycles. The number of benzene rings is 1. The number of carbonyl (C=O) groups is 2. The summed E-state index contributed by atoms with van der Waals surface area (Å²) in [7, 11) is 1.79. The lowest BCUT2D eigenvalue weighted by molar-refractivity contribution is -0.131. The number of Topliss-reactive ketones (excluding diaryl/α,β-unsaturated/α-hetero) is 1. The Bertz CT molecular complexity index is 426. The van der Waals surface area contributed by atoms with Gasteiger partial charge in [0.15, 0.2) is 0 Å². The summed E-state index contributed by atoms with van der Waals surface area (Å²) >= 11 is 0. The van der Waals surface area contributed by atoms with Gasteiger partial charge in [0.2, 0.25) is 5.91 Å². The molecule has 0 saturated heterocycles. The lowest BCUT2D eigenvalue weighted by atomic mass is 10.1. The van der Waals surface area contributed by atoms with Crippen molar-refractivity contribution in [3.05, 3.63) is 35.4 Å². The lowest BCUT2D eigenvalue weighted by Crippen LogP contribution is -2.29. The molecule has 0 N–H and O–H groups in total. The second kappa shape index (κ2) is 6.94. The molecule has 0 spiro atoms. The Balaban J connectivity index is 2.41. The van der Waals surface area contributed by atoms with Crippen LogP contribution in [0, 0.1) is 6.92 Å². The molecule has 1 aromatic rings. The van der Waals surface area contributed by atoms with Gasteiger partial charge in [-0.05, 0) is 31.4 Å².